The van der Waals surface area contributed by atoms with Gasteiger partial charge in [0.05, 0.1) is 18.4 Å². The maximum atomic E-state index is 12.3. The molecular formula is C16H23N5O2. The summed E-state index contributed by atoms with van der Waals surface area (Å²) in [6.45, 7) is 6.17. The number of hydrogen-bond acceptors (Lipinski definition) is 4. The van der Waals surface area contributed by atoms with Crippen LogP contribution in [0.3, 0.4) is 0 Å². The summed E-state index contributed by atoms with van der Waals surface area (Å²) in [5.41, 5.74) is 2.12. The molecule has 2 aromatic rings. The predicted molar refractivity (Wildman–Crippen MR) is 85.0 cm³/mol. The normalized spacial score (nSPS) is 17.2. The van der Waals surface area contributed by atoms with Crippen molar-refractivity contribution in [3.05, 3.63) is 36.0 Å². The molecule has 7 nitrogen and oxygen atoms in total. The lowest BCUT2D eigenvalue weighted by atomic mass is 9.94. The number of amides is 2. The van der Waals surface area contributed by atoms with E-state index in [2.05, 4.69) is 15.6 Å². The maximum Gasteiger partial charge on any atom is 0.317 e. The lowest BCUT2D eigenvalue weighted by Gasteiger charge is -2.32. The molecule has 1 aliphatic heterocycles. The van der Waals surface area contributed by atoms with Gasteiger partial charge in [-0.3, -0.25) is 4.68 Å². The monoisotopic (exact) mass is 317 g/mol. The van der Waals surface area contributed by atoms with Crippen LogP contribution in [0.5, 0.6) is 0 Å². The van der Waals surface area contributed by atoms with Gasteiger partial charge in [-0.15, -0.1) is 0 Å². The fraction of sp³-hybridized carbons (Fsp3) is 0.562. The lowest BCUT2D eigenvalue weighted by Crippen LogP contribution is -2.47. The maximum absolute atomic E-state index is 12.3. The van der Waals surface area contributed by atoms with Crippen LogP contribution in [-0.2, 0) is 6.54 Å². The first-order valence-electron chi connectivity index (χ1n) is 8.06. The summed E-state index contributed by atoms with van der Waals surface area (Å²) in [4.78, 5) is 14.2. The van der Waals surface area contributed by atoms with Gasteiger partial charge in [0.25, 0.3) is 0 Å². The molecule has 2 amide bonds. The molecule has 1 unspecified atom stereocenters. The highest BCUT2D eigenvalue weighted by atomic mass is 16.5. The molecule has 1 aliphatic rings. The Morgan fingerprint density at radius 2 is 2.26 bits per heavy atom. The van der Waals surface area contributed by atoms with Gasteiger partial charge in [-0.25, -0.2) is 4.79 Å². The third-order valence-electron chi connectivity index (χ3n) is 4.25. The Hall–Kier alpha value is -2.31. The smallest absolute Gasteiger partial charge is 0.317 e. The van der Waals surface area contributed by atoms with Gasteiger partial charge in [0, 0.05) is 37.3 Å². The molecule has 1 atom stereocenters. The second kappa shape index (κ2) is 6.85. The summed E-state index contributed by atoms with van der Waals surface area (Å²) in [6.07, 6.45) is 7.25. The average molecular weight is 317 g/mol. The van der Waals surface area contributed by atoms with Crippen molar-refractivity contribution in [2.24, 2.45) is 0 Å². The molecular weight excluding hydrogens is 294 g/mol. The van der Waals surface area contributed by atoms with Crippen molar-refractivity contribution in [1.82, 2.24) is 25.2 Å². The molecule has 0 radical (unpaired) electrons. The highest BCUT2D eigenvalue weighted by molar-refractivity contribution is 5.74. The zero-order valence-electron chi connectivity index (χ0n) is 13.6. The van der Waals surface area contributed by atoms with Crippen molar-refractivity contribution in [2.75, 3.05) is 13.1 Å². The molecule has 23 heavy (non-hydrogen) atoms. The summed E-state index contributed by atoms with van der Waals surface area (Å²) in [7, 11) is 0. The molecule has 7 heteroatoms. The van der Waals surface area contributed by atoms with Gasteiger partial charge < -0.3 is 14.7 Å². The molecule has 0 aliphatic carbocycles. The predicted octanol–water partition coefficient (Wildman–Crippen LogP) is 2.16. The quantitative estimate of drug-likeness (QED) is 0.937. The van der Waals surface area contributed by atoms with E-state index in [1.165, 1.54) is 0 Å². The van der Waals surface area contributed by atoms with Crippen LogP contribution in [0.2, 0.25) is 0 Å². The number of nitrogens with zero attached hydrogens (tertiary/aromatic N) is 4. The standard InChI is InChI=1S/C16H23N5O2/c1-12-9-17-21(10-12)11-13(2)18-16(22)20-6-3-14(4-7-20)15-5-8-23-19-15/h5,8-10,13-14H,3-4,6-7,11H2,1-2H3,(H,18,22). The lowest BCUT2D eigenvalue weighted by molar-refractivity contribution is 0.176. The van der Waals surface area contributed by atoms with Gasteiger partial charge in [-0.05, 0) is 32.3 Å². The number of likely N-dealkylation sites (tertiary alicyclic amines) is 1. The highest BCUT2D eigenvalue weighted by Crippen LogP contribution is 2.26. The molecule has 1 N–H and O–H groups in total. The second-order valence-corrected chi connectivity index (χ2v) is 6.28. The number of carbonyl (C=O) groups is 1. The Balaban J connectivity index is 1.45. The number of piperidine rings is 1. The highest BCUT2D eigenvalue weighted by Gasteiger charge is 2.25. The third-order valence-corrected chi connectivity index (χ3v) is 4.25. The Bertz CT molecular complexity index is 629. The van der Waals surface area contributed by atoms with Crippen LogP contribution in [0.25, 0.3) is 0 Å². The SMILES string of the molecule is Cc1cnn(CC(C)NC(=O)N2CCC(c3ccon3)CC2)c1. The average Bonchev–Trinajstić information content (AvgIpc) is 3.19. The first kappa shape index (κ1) is 15.6. The van der Waals surface area contributed by atoms with Crippen molar-refractivity contribution in [1.29, 1.82) is 0 Å². The van der Waals surface area contributed by atoms with Crippen molar-refractivity contribution in [3.63, 3.8) is 0 Å². The van der Waals surface area contributed by atoms with Crippen LogP contribution < -0.4 is 5.32 Å². The zero-order chi connectivity index (χ0) is 16.2. The molecule has 0 spiro atoms. The Morgan fingerprint density at radius 1 is 1.48 bits per heavy atom. The van der Waals surface area contributed by atoms with Gasteiger partial charge in [-0.2, -0.15) is 5.10 Å². The molecule has 2 aromatic heterocycles. The van der Waals surface area contributed by atoms with E-state index in [1.807, 2.05) is 41.9 Å². The van der Waals surface area contributed by atoms with Gasteiger partial charge in [-0.1, -0.05) is 5.16 Å². The van der Waals surface area contributed by atoms with E-state index in [9.17, 15) is 4.79 Å². The van der Waals surface area contributed by atoms with Crippen LogP contribution in [-0.4, -0.2) is 45.0 Å². The molecule has 0 bridgehead atoms. The van der Waals surface area contributed by atoms with Crippen molar-refractivity contribution >= 4 is 6.03 Å². The Labute approximate surface area is 135 Å². The van der Waals surface area contributed by atoms with Crippen LogP contribution >= 0.6 is 0 Å². The largest absolute Gasteiger partial charge is 0.365 e. The zero-order valence-corrected chi connectivity index (χ0v) is 13.6. The third kappa shape index (κ3) is 3.91. The number of rotatable bonds is 4. The fourth-order valence-electron chi connectivity index (χ4n) is 3.01. The van der Waals surface area contributed by atoms with Gasteiger partial charge in [0.15, 0.2) is 0 Å². The van der Waals surface area contributed by atoms with Crippen molar-refractivity contribution in [3.8, 4) is 0 Å². The van der Waals surface area contributed by atoms with Gasteiger partial charge >= 0.3 is 6.03 Å². The second-order valence-electron chi connectivity index (χ2n) is 6.28. The first-order chi connectivity index (χ1) is 11.1. The topological polar surface area (TPSA) is 76.2 Å². The van der Waals surface area contributed by atoms with Crippen LogP contribution in [0.4, 0.5) is 4.79 Å². The van der Waals surface area contributed by atoms with E-state index in [0.717, 1.165) is 37.2 Å². The van der Waals surface area contributed by atoms with Crippen molar-refractivity contribution in [2.45, 2.75) is 45.2 Å². The number of aryl methyl sites for hydroxylation is 1. The molecule has 3 heterocycles. The summed E-state index contributed by atoms with van der Waals surface area (Å²) in [5, 5.41) is 11.3. The van der Waals surface area contributed by atoms with Crippen LogP contribution in [0.1, 0.15) is 36.9 Å². The minimum absolute atomic E-state index is 0.0000177. The first-order valence-corrected chi connectivity index (χ1v) is 8.06. The number of nitrogens with one attached hydrogen (secondary N) is 1. The molecule has 0 saturated carbocycles. The van der Waals surface area contributed by atoms with Crippen LogP contribution in [0.15, 0.2) is 29.2 Å². The number of urea groups is 1. The Kier molecular flexibility index (Phi) is 4.64. The molecule has 3 rings (SSSR count). The number of hydrogen-bond donors (Lipinski definition) is 1. The number of aromatic nitrogens is 3. The fourth-order valence-corrected chi connectivity index (χ4v) is 3.01. The summed E-state index contributed by atoms with van der Waals surface area (Å²) in [6, 6.07) is 1.95. The minimum Gasteiger partial charge on any atom is -0.365 e. The van der Waals surface area contributed by atoms with E-state index in [-0.39, 0.29) is 12.1 Å². The van der Waals surface area contributed by atoms with E-state index in [4.69, 9.17) is 4.52 Å². The van der Waals surface area contributed by atoms with E-state index in [0.29, 0.717) is 12.5 Å². The summed E-state index contributed by atoms with van der Waals surface area (Å²) in [5.74, 6) is 0.391. The molecule has 1 fully saturated rings. The van der Waals surface area contributed by atoms with E-state index in [1.54, 1.807) is 6.26 Å². The summed E-state index contributed by atoms with van der Waals surface area (Å²) >= 11 is 0. The Morgan fingerprint density at radius 3 is 2.87 bits per heavy atom. The molecule has 0 aromatic carbocycles. The van der Waals surface area contributed by atoms with Gasteiger partial charge in [0.2, 0.25) is 0 Å². The molecule has 124 valence electrons. The molecule has 1 saturated heterocycles. The van der Waals surface area contributed by atoms with Crippen molar-refractivity contribution < 1.29 is 9.32 Å². The number of carbonyl (C=O) groups excluding carboxylic acids is 1. The minimum atomic E-state index is -0.0000177. The van der Waals surface area contributed by atoms with Gasteiger partial charge in [0.1, 0.15) is 6.26 Å². The van der Waals surface area contributed by atoms with Crippen LogP contribution in [0, 0.1) is 6.92 Å². The van der Waals surface area contributed by atoms with E-state index < -0.39 is 0 Å². The summed E-state index contributed by atoms with van der Waals surface area (Å²) < 4.78 is 6.76. The van der Waals surface area contributed by atoms with E-state index >= 15 is 0 Å².